The van der Waals surface area contributed by atoms with Gasteiger partial charge in [-0.1, -0.05) is 42.5 Å². The average molecular weight is 450 g/mol. The highest BCUT2D eigenvalue weighted by molar-refractivity contribution is 5.91. The number of hydrogen-bond acceptors (Lipinski definition) is 6. The minimum Gasteiger partial charge on any atom is -0.497 e. The van der Waals surface area contributed by atoms with Crippen molar-refractivity contribution in [2.45, 2.75) is 45.0 Å². The summed E-state index contributed by atoms with van der Waals surface area (Å²) in [6, 6.07) is 18.5. The van der Waals surface area contributed by atoms with E-state index in [0.717, 1.165) is 30.8 Å². The van der Waals surface area contributed by atoms with Gasteiger partial charge in [0.05, 0.1) is 19.8 Å². The number of rotatable bonds is 10. The van der Waals surface area contributed by atoms with Gasteiger partial charge in [-0.05, 0) is 43.0 Å². The topological polar surface area (TPSA) is 76.8 Å². The molecule has 1 aromatic heterocycles. The first kappa shape index (κ1) is 23.0. The molecule has 33 heavy (non-hydrogen) atoms. The van der Waals surface area contributed by atoms with Crippen LogP contribution in [0, 0.1) is 0 Å². The molecule has 3 aromatic rings. The molecule has 7 nitrogen and oxygen atoms in total. The van der Waals surface area contributed by atoms with Crippen LogP contribution in [0.5, 0.6) is 5.75 Å². The predicted molar refractivity (Wildman–Crippen MR) is 125 cm³/mol. The quantitative estimate of drug-likeness (QED) is 0.496. The fourth-order valence-electron chi connectivity index (χ4n) is 4.04. The fourth-order valence-corrected chi connectivity index (χ4v) is 4.04. The van der Waals surface area contributed by atoms with Gasteiger partial charge in [-0.3, -0.25) is 9.69 Å². The lowest BCUT2D eigenvalue weighted by molar-refractivity contribution is 0.0853. The number of methoxy groups -OCH3 is 1. The fraction of sp³-hybridized carbons (Fsp3) is 0.385. The normalized spacial score (nSPS) is 16.6. The van der Waals surface area contributed by atoms with E-state index in [1.807, 2.05) is 36.4 Å². The molecule has 1 aliphatic heterocycles. The molecule has 0 aliphatic carbocycles. The van der Waals surface area contributed by atoms with Crippen molar-refractivity contribution in [2.24, 2.45) is 0 Å². The third kappa shape index (κ3) is 6.21. The van der Waals surface area contributed by atoms with Gasteiger partial charge in [0, 0.05) is 25.7 Å². The van der Waals surface area contributed by atoms with Crippen LogP contribution in [-0.2, 0) is 17.8 Å². The maximum absolute atomic E-state index is 12.5. The van der Waals surface area contributed by atoms with Gasteiger partial charge in [-0.15, -0.1) is 0 Å². The molecule has 1 N–H and O–H groups in total. The van der Waals surface area contributed by atoms with E-state index in [1.54, 1.807) is 7.11 Å². The Labute approximate surface area is 194 Å². The molecule has 1 aliphatic rings. The molecule has 0 unspecified atom stereocenters. The van der Waals surface area contributed by atoms with Crippen LogP contribution in [-0.4, -0.2) is 42.2 Å². The second-order valence-corrected chi connectivity index (χ2v) is 8.31. The van der Waals surface area contributed by atoms with Crippen LogP contribution in [0.15, 0.2) is 65.3 Å². The van der Waals surface area contributed by atoms with Crippen molar-refractivity contribution in [1.82, 2.24) is 15.2 Å². The van der Waals surface area contributed by atoms with Gasteiger partial charge >= 0.3 is 0 Å². The summed E-state index contributed by atoms with van der Waals surface area (Å²) in [4.78, 5) is 19.2. The maximum Gasteiger partial charge on any atom is 0.273 e. The number of hydrogen-bond donors (Lipinski definition) is 1. The van der Waals surface area contributed by atoms with E-state index in [-0.39, 0.29) is 23.7 Å². The van der Waals surface area contributed by atoms with Crippen LogP contribution in [0.2, 0.25) is 0 Å². The third-order valence-electron chi connectivity index (χ3n) is 5.99. The SMILES string of the molecule is COc1cccc(CN(Cc2nc(C(=O)NC[C@H]3CCCO3)co2)[C@@H](C)c2ccccc2)c1. The Kier molecular flexibility index (Phi) is 7.75. The molecule has 0 spiro atoms. The smallest absolute Gasteiger partial charge is 0.273 e. The Morgan fingerprint density at radius 2 is 2.06 bits per heavy atom. The monoisotopic (exact) mass is 449 g/mol. The molecule has 1 amide bonds. The van der Waals surface area contributed by atoms with Gasteiger partial charge in [-0.2, -0.15) is 0 Å². The van der Waals surface area contributed by atoms with Crippen LogP contribution in [0.3, 0.4) is 0 Å². The highest BCUT2D eigenvalue weighted by Crippen LogP contribution is 2.25. The molecule has 174 valence electrons. The highest BCUT2D eigenvalue weighted by atomic mass is 16.5. The van der Waals surface area contributed by atoms with Crippen molar-refractivity contribution in [2.75, 3.05) is 20.3 Å². The van der Waals surface area contributed by atoms with E-state index in [1.165, 1.54) is 11.8 Å². The van der Waals surface area contributed by atoms with Crippen LogP contribution >= 0.6 is 0 Å². The number of ether oxygens (including phenoxy) is 2. The van der Waals surface area contributed by atoms with E-state index in [0.29, 0.717) is 25.5 Å². The summed E-state index contributed by atoms with van der Waals surface area (Å²) < 4.78 is 16.6. The van der Waals surface area contributed by atoms with Crippen molar-refractivity contribution >= 4 is 5.91 Å². The van der Waals surface area contributed by atoms with Crippen molar-refractivity contribution < 1.29 is 18.7 Å². The van der Waals surface area contributed by atoms with Crippen molar-refractivity contribution in [3.8, 4) is 5.75 Å². The Bertz CT molecular complexity index is 1030. The van der Waals surface area contributed by atoms with Gasteiger partial charge < -0.3 is 19.2 Å². The molecule has 2 heterocycles. The number of oxazole rings is 1. The first-order chi connectivity index (χ1) is 16.1. The number of aromatic nitrogens is 1. The Morgan fingerprint density at radius 3 is 2.82 bits per heavy atom. The maximum atomic E-state index is 12.5. The zero-order valence-corrected chi connectivity index (χ0v) is 19.2. The first-order valence-electron chi connectivity index (χ1n) is 11.4. The number of carbonyl (C=O) groups is 1. The van der Waals surface area contributed by atoms with Gasteiger partial charge in [0.1, 0.15) is 12.0 Å². The summed E-state index contributed by atoms with van der Waals surface area (Å²) in [5.41, 5.74) is 2.61. The van der Waals surface area contributed by atoms with Crippen molar-refractivity contribution in [3.63, 3.8) is 0 Å². The Morgan fingerprint density at radius 1 is 1.21 bits per heavy atom. The van der Waals surface area contributed by atoms with E-state index in [9.17, 15) is 4.79 Å². The van der Waals surface area contributed by atoms with Crippen molar-refractivity contribution in [3.05, 3.63) is 83.6 Å². The molecular formula is C26H31N3O4. The van der Waals surface area contributed by atoms with Crippen LogP contribution in [0.4, 0.5) is 0 Å². The van der Waals surface area contributed by atoms with Gasteiger partial charge in [0.2, 0.25) is 5.89 Å². The summed E-state index contributed by atoms with van der Waals surface area (Å²) >= 11 is 0. The van der Waals surface area contributed by atoms with Gasteiger partial charge in [-0.25, -0.2) is 4.98 Å². The molecule has 4 rings (SSSR count). The van der Waals surface area contributed by atoms with Crippen molar-refractivity contribution in [1.29, 1.82) is 0 Å². The lowest BCUT2D eigenvalue weighted by atomic mass is 10.1. The molecule has 0 saturated carbocycles. The second-order valence-electron chi connectivity index (χ2n) is 8.31. The standard InChI is InChI=1S/C26H31N3O4/c1-19(21-9-4-3-5-10-21)29(16-20-8-6-11-22(14-20)31-2)17-25-28-24(18-33-25)26(30)27-15-23-12-7-13-32-23/h3-6,8-11,14,18-19,23H,7,12-13,15-17H2,1-2H3,(H,27,30)/t19-,23+/m0/s1. The van der Waals surface area contributed by atoms with Crippen LogP contribution < -0.4 is 10.1 Å². The highest BCUT2D eigenvalue weighted by Gasteiger charge is 2.22. The summed E-state index contributed by atoms with van der Waals surface area (Å²) in [6.07, 6.45) is 3.53. The Hall–Kier alpha value is -3.16. The molecule has 1 fully saturated rings. The summed E-state index contributed by atoms with van der Waals surface area (Å²) in [5.74, 6) is 1.08. The molecule has 7 heteroatoms. The molecule has 1 saturated heterocycles. The largest absolute Gasteiger partial charge is 0.497 e. The molecule has 0 bridgehead atoms. The number of carbonyl (C=O) groups excluding carboxylic acids is 1. The number of nitrogens with one attached hydrogen (secondary N) is 1. The van der Waals surface area contributed by atoms with Crippen LogP contribution in [0.1, 0.15) is 53.3 Å². The molecule has 0 radical (unpaired) electrons. The summed E-state index contributed by atoms with van der Waals surface area (Å²) in [6.45, 7) is 4.56. The minimum absolute atomic E-state index is 0.0883. The Balaban J connectivity index is 1.47. The number of nitrogens with zero attached hydrogens (tertiary/aromatic N) is 2. The average Bonchev–Trinajstić information content (AvgIpc) is 3.55. The number of benzene rings is 2. The zero-order valence-electron chi connectivity index (χ0n) is 19.2. The van der Waals surface area contributed by atoms with E-state index < -0.39 is 0 Å². The van der Waals surface area contributed by atoms with E-state index >= 15 is 0 Å². The summed E-state index contributed by atoms with van der Waals surface area (Å²) in [5, 5.41) is 2.89. The van der Waals surface area contributed by atoms with Gasteiger partial charge in [0.25, 0.3) is 5.91 Å². The lowest BCUT2D eigenvalue weighted by Gasteiger charge is -2.28. The summed E-state index contributed by atoms with van der Waals surface area (Å²) in [7, 11) is 1.67. The lowest BCUT2D eigenvalue weighted by Crippen LogP contribution is -2.32. The minimum atomic E-state index is -0.240. The second kappa shape index (κ2) is 11.1. The molecule has 2 aromatic carbocycles. The van der Waals surface area contributed by atoms with E-state index in [2.05, 4.69) is 40.3 Å². The van der Waals surface area contributed by atoms with Gasteiger partial charge in [0.15, 0.2) is 5.69 Å². The zero-order chi connectivity index (χ0) is 23.0. The predicted octanol–water partition coefficient (Wildman–Crippen LogP) is 4.36. The third-order valence-corrected chi connectivity index (χ3v) is 5.99. The molecule has 2 atom stereocenters. The van der Waals surface area contributed by atoms with Crippen LogP contribution in [0.25, 0.3) is 0 Å². The number of amides is 1. The first-order valence-corrected chi connectivity index (χ1v) is 11.4. The van der Waals surface area contributed by atoms with E-state index in [4.69, 9.17) is 13.9 Å². The molecular weight excluding hydrogens is 418 g/mol.